The first-order valence-corrected chi connectivity index (χ1v) is 4.17. The minimum absolute atomic E-state index is 0.0332. The zero-order valence-corrected chi connectivity index (χ0v) is 7.30. The standard InChI is InChI=1S/C9H7N3O2/c10-6-11-4-3-7-1-2-8(12(13)14)5-9(7)11/h1-2,5H,3-4H2. The molecule has 1 aromatic rings. The van der Waals surface area contributed by atoms with Crippen LogP contribution < -0.4 is 4.90 Å². The van der Waals surface area contributed by atoms with Gasteiger partial charge in [0.2, 0.25) is 0 Å². The Morgan fingerprint density at radius 2 is 2.36 bits per heavy atom. The summed E-state index contributed by atoms with van der Waals surface area (Å²) in [5.41, 5.74) is 1.70. The van der Waals surface area contributed by atoms with Gasteiger partial charge in [-0.05, 0) is 12.0 Å². The first kappa shape index (κ1) is 8.51. The van der Waals surface area contributed by atoms with Crippen molar-refractivity contribution in [1.29, 1.82) is 5.26 Å². The number of nitriles is 1. The van der Waals surface area contributed by atoms with Crippen molar-refractivity contribution >= 4 is 11.4 Å². The SMILES string of the molecule is N#CN1CCc2ccc([N+](=O)[O-])cc21. The smallest absolute Gasteiger partial charge is 0.271 e. The van der Waals surface area contributed by atoms with Gasteiger partial charge >= 0.3 is 0 Å². The fourth-order valence-electron chi connectivity index (χ4n) is 1.59. The zero-order valence-electron chi connectivity index (χ0n) is 7.30. The average molecular weight is 189 g/mol. The Kier molecular flexibility index (Phi) is 1.82. The maximum absolute atomic E-state index is 10.5. The molecule has 1 aromatic carbocycles. The molecule has 14 heavy (non-hydrogen) atoms. The molecule has 1 heterocycles. The lowest BCUT2D eigenvalue weighted by Gasteiger charge is -2.06. The zero-order chi connectivity index (χ0) is 10.1. The molecule has 70 valence electrons. The number of nitro groups is 1. The van der Waals surface area contributed by atoms with Crippen LogP contribution in [0.15, 0.2) is 18.2 Å². The summed E-state index contributed by atoms with van der Waals surface area (Å²) in [6.45, 7) is 0.618. The lowest BCUT2D eigenvalue weighted by molar-refractivity contribution is -0.384. The summed E-state index contributed by atoms with van der Waals surface area (Å²) in [6, 6.07) is 4.63. The molecule has 0 radical (unpaired) electrons. The van der Waals surface area contributed by atoms with Crippen LogP contribution >= 0.6 is 0 Å². The molecule has 0 atom stereocenters. The van der Waals surface area contributed by atoms with Crippen molar-refractivity contribution in [3.8, 4) is 6.19 Å². The number of fused-ring (bicyclic) bond motifs is 1. The van der Waals surface area contributed by atoms with Crippen molar-refractivity contribution in [2.45, 2.75) is 6.42 Å². The van der Waals surface area contributed by atoms with Gasteiger partial charge in [-0.25, -0.2) is 0 Å². The first-order chi connectivity index (χ1) is 6.72. The van der Waals surface area contributed by atoms with E-state index in [1.165, 1.54) is 17.0 Å². The monoisotopic (exact) mass is 189 g/mol. The van der Waals surface area contributed by atoms with E-state index in [4.69, 9.17) is 5.26 Å². The molecular weight excluding hydrogens is 182 g/mol. The molecule has 0 aliphatic carbocycles. The number of hydrogen-bond donors (Lipinski definition) is 0. The number of nitro benzene ring substituents is 1. The second-order valence-corrected chi connectivity index (χ2v) is 3.07. The van der Waals surface area contributed by atoms with Crippen LogP contribution in [0.3, 0.4) is 0 Å². The predicted molar refractivity (Wildman–Crippen MR) is 49.8 cm³/mol. The molecule has 5 nitrogen and oxygen atoms in total. The molecule has 0 saturated heterocycles. The number of anilines is 1. The van der Waals surface area contributed by atoms with Crippen LogP contribution in [0.25, 0.3) is 0 Å². The van der Waals surface area contributed by atoms with Crippen LogP contribution in [0.4, 0.5) is 11.4 Å². The summed E-state index contributed by atoms with van der Waals surface area (Å²) in [6.07, 6.45) is 2.78. The molecule has 2 rings (SSSR count). The molecule has 0 unspecified atom stereocenters. The number of rotatable bonds is 1. The van der Waals surface area contributed by atoms with E-state index in [9.17, 15) is 10.1 Å². The Bertz CT molecular complexity index is 436. The second-order valence-electron chi connectivity index (χ2n) is 3.07. The third-order valence-electron chi connectivity index (χ3n) is 2.30. The highest BCUT2D eigenvalue weighted by atomic mass is 16.6. The Morgan fingerprint density at radius 3 is 3.00 bits per heavy atom. The van der Waals surface area contributed by atoms with E-state index >= 15 is 0 Å². The van der Waals surface area contributed by atoms with E-state index in [1.807, 2.05) is 6.19 Å². The fraction of sp³-hybridized carbons (Fsp3) is 0.222. The lowest BCUT2D eigenvalue weighted by Crippen LogP contribution is -2.11. The van der Waals surface area contributed by atoms with E-state index in [2.05, 4.69) is 0 Å². The maximum atomic E-state index is 10.5. The van der Waals surface area contributed by atoms with Crippen LogP contribution in [-0.2, 0) is 6.42 Å². The Labute approximate surface area is 80.3 Å². The quantitative estimate of drug-likeness (QED) is 0.380. The highest BCUT2D eigenvalue weighted by Gasteiger charge is 2.21. The van der Waals surface area contributed by atoms with E-state index in [0.717, 1.165) is 12.0 Å². The lowest BCUT2D eigenvalue weighted by atomic mass is 10.1. The van der Waals surface area contributed by atoms with Gasteiger partial charge in [0.05, 0.1) is 10.6 Å². The fourth-order valence-corrected chi connectivity index (χ4v) is 1.59. The van der Waals surface area contributed by atoms with Crippen molar-refractivity contribution < 1.29 is 4.92 Å². The highest BCUT2D eigenvalue weighted by Crippen LogP contribution is 2.30. The van der Waals surface area contributed by atoms with E-state index in [1.54, 1.807) is 6.07 Å². The van der Waals surface area contributed by atoms with Gasteiger partial charge in [-0.3, -0.25) is 15.0 Å². The Hall–Kier alpha value is -2.09. The van der Waals surface area contributed by atoms with Gasteiger partial charge < -0.3 is 0 Å². The largest absolute Gasteiger partial charge is 0.279 e. The van der Waals surface area contributed by atoms with Gasteiger partial charge in [0.25, 0.3) is 5.69 Å². The van der Waals surface area contributed by atoms with Gasteiger partial charge in [-0.1, -0.05) is 6.07 Å². The minimum Gasteiger partial charge on any atom is -0.279 e. The third kappa shape index (κ3) is 1.17. The van der Waals surface area contributed by atoms with E-state index in [0.29, 0.717) is 12.2 Å². The van der Waals surface area contributed by atoms with Crippen molar-refractivity contribution in [1.82, 2.24) is 0 Å². The first-order valence-electron chi connectivity index (χ1n) is 4.17. The molecule has 5 heteroatoms. The third-order valence-corrected chi connectivity index (χ3v) is 2.30. The summed E-state index contributed by atoms with van der Waals surface area (Å²) >= 11 is 0. The Morgan fingerprint density at radius 1 is 1.57 bits per heavy atom. The highest BCUT2D eigenvalue weighted by molar-refractivity contribution is 5.64. The summed E-state index contributed by atoms with van der Waals surface area (Å²) < 4.78 is 0. The van der Waals surface area contributed by atoms with Gasteiger partial charge in [0.1, 0.15) is 0 Å². The summed E-state index contributed by atoms with van der Waals surface area (Å²) in [4.78, 5) is 11.5. The van der Waals surface area contributed by atoms with Crippen LogP contribution in [0.5, 0.6) is 0 Å². The molecule has 1 aliphatic rings. The average Bonchev–Trinajstić information content (AvgIpc) is 2.59. The normalized spacial score (nSPS) is 13.5. The number of benzene rings is 1. The van der Waals surface area contributed by atoms with Crippen LogP contribution in [0, 0.1) is 21.6 Å². The maximum Gasteiger partial charge on any atom is 0.271 e. The summed E-state index contributed by atoms with van der Waals surface area (Å²) in [5.74, 6) is 0. The number of hydrogen-bond acceptors (Lipinski definition) is 4. The molecular formula is C9H7N3O2. The molecule has 0 N–H and O–H groups in total. The molecule has 1 aliphatic heterocycles. The minimum atomic E-state index is -0.450. The molecule has 0 aromatic heterocycles. The second kappa shape index (κ2) is 3.00. The molecule has 0 fully saturated rings. The van der Waals surface area contributed by atoms with Crippen molar-refractivity contribution in [3.05, 3.63) is 33.9 Å². The van der Waals surface area contributed by atoms with E-state index in [-0.39, 0.29) is 5.69 Å². The van der Waals surface area contributed by atoms with Crippen molar-refractivity contribution in [3.63, 3.8) is 0 Å². The van der Waals surface area contributed by atoms with Gasteiger partial charge in [0, 0.05) is 18.7 Å². The summed E-state index contributed by atoms with van der Waals surface area (Å²) in [7, 11) is 0. The van der Waals surface area contributed by atoms with Crippen LogP contribution in [-0.4, -0.2) is 11.5 Å². The number of non-ortho nitro benzene ring substituents is 1. The number of nitrogens with zero attached hydrogens (tertiary/aromatic N) is 3. The summed E-state index contributed by atoms with van der Waals surface area (Å²) in [5, 5.41) is 19.2. The van der Waals surface area contributed by atoms with Crippen LogP contribution in [0.2, 0.25) is 0 Å². The van der Waals surface area contributed by atoms with Gasteiger partial charge in [-0.15, -0.1) is 0 Å². The van der Waals surface area contributed by atoms with Crippen LogP contribution in [0.1, 0.15) is 5.56 Å². The molecule has 0 saturated carbocycles. The Balaban J connectivity index is 2.49. The van der Waals surface area contributed by atoms with Crippen molar-refractivity contribution in [2.24, 2.45) is 0 Å². The predicted octanol–water partition coefficient (Wildman–Crippen LogP) is 1.44. The van der Waals surface area contributed by atoms with Gasteiger partial charge in [0.15, 0.2) is 6.19 Å². The molecule has 0 bridgehead atoms. The van der Waals surface area contributed by atoms with Gasteiger partial charge in [-0.2, -0.15) is 5.26 Å². The molecule has 0 amide bonds. The topological polar surface area (TPSA) is 70.2 Å². The molecule has 0 spiro atoms. The van der Waals surface area contributed by atoms with E-state index < -0.39 is 4.92 Å². The van der Waals surface area contributed by atoms with Crippen molar-refractivity contribution in [2.75, 3.05) is 11.4 Å².